The van der Waals surface area contributed by atoms with Gasteiger partial charge in [0.25, 0.3) is 0 Å². The van der Waals surface area contributed by atoms with Gasteiger partial charge in [0.05, 0.1) is 22.2 Å². The maximum absolute atomic E-state index is 13.3. The van der Waals surface area contributed by atoms with E-state index in [4.69, 9.17) is 22.1 Å². The number of hydrogen-bond acceptors (Lipinski definition) is 4. The molecule has 0 unspecified atom stereocenters. The molecule has 0 saturated heterocycles. The molecule has 1 aromatic carbocycles. The molecule has 94 valence electrons. The summed E-state index contributed by atoms with van der Waals surface area (Å²) in [6.45, 7) is -0.180. The summed E-state index contributed by atoms with van der Waals surface area (Å²) in [6, 6.07) is 0.999. The molecule has 1 aliphatic rings. The lowest BCUT2D eigenvalue weighted by Crippen LogP contribution is -2.28. The summed E-state index contributed by atoms with van der Waals surface area (Å²) >= 11 is 5.85. The Hall–Kier alpha value is -1.05. The highest BCUT2D eigenvalue weighted by molar-refractivity contribution is 7.92. The molecule has 0 fully saturated rings. The second-order valence-electron chi connectivity index (χ2n) is 3.60. The van der Waals surface area contributed by atoms with Crippen molar-refractivity contribution in [1.82, 2.24) is 0 Å². The lowest BCUT2D eigenvalue weighted by atomic mass is 10.1. The monoisotopic (exact) mass is 280 g/mol. The van der Waals surface area contributed by atoms with Crippen LogP contribution in [0.15, 0.2) is 6.07 Å². The number of halogens is 2. The Morgan fingerprint density at radius 2 is 2.29 bits per heavy atom. The summed E-state index contributed by atoms with van der Waals surface area (Å²) in [4.78, 5) is 0. The molecule has 0 radical (unpaired) electrons. The van der Waals surface area contributed by atoms with Crippen LogP contribution in [0.1, 0.15) is 5.56 Å². The smallest absolute Gasteiger partial charge is 0.241 e. The predicted octanol–water partition coefficient (Wildman–Crippen LogP) is 1.32. The first-order valence-corrected chi connectivity index (χ1v) is 6.63. The molecule has 2 rings (SSSR count). The van der Waals surface area contributed by atoms with Gasteiger partial charge in [-0.2, -0.15) is 0 Å². The van der Waals surface area contributed by atoms with Crippen LogP contribution in [0.25, 0.3) is 0 Å². The first-order chi connectivity index (χ1) is 7.88. The molecule has 0 saturated carbocycles. The molecule has 0 amide bonds. The number of rotatable bonds is 2. The van der Waals surface area contributed by atoms with E-state index in [1.165, 1.54) is 7.11 Å². The Labute approximate surface area is 103 Å². The van der Waals surface area contributed by atoms with Crippen molar-refractivity contribution in [2.24, 2.45) is 0 Å². The zero-order chi connectivity index (χ0) is 12.8. The second kappa shape index (κ2) is 4.01. The SMILES string of the molecule is COCN1c2c(Cl)cc(F)c(N)c2CS1(=O)=O. The van der Waals surface area contributed by atoms with Gasteiger partial charge in [-0.3, -0.25) is 0 Å². The van der Waals surface area contributed by atoms with Crippen LogP contribution in [0.5, 0.6) is 0 Å². The molecule has 0 atom stereocenters. The minimum atomic E-state index is -3.59. The van der Waals surface area contributed by atoms with E-state index < -0.39 is 15.8 Å². The van der Waals surface area contributed by atoms with Crippen molar-refractivity contribution in [3.63, 3.8) is 0 Å². The topological polar surface area (TPSA) is 72.6 Å². The number of benzene rings is 1. The van der Waals surface area contributed by atoms with Gasteiger partial charge in [-0.25, -0.2) is 17.1 Å². The number of methoxy groups -OCH3 is 1. The summed E-state index contributed by atoms with van der Waals surface area (Å²) < 4.78 is 42.8. The number of nitrogens with two attached hydrogens (primary N) is 1. The van der Waals surface area contributed by atoms with Crippen LogP contribution in [0.2, 0.25) is 5.02 Å². The number of nitrogen functional groups attached to an aromatic ring is 1. The molecular formula is C9H10ClFN2O3S. The maximum atomic E-state index is 13.3. The minimum absolute atomic E-state index is 0.00447. The van der Waals surface area contributed by atoms with Crippen LogP contribution < -0.4 is 10.0 Å². The summed E-state index contributed by atoms with van der Waals surface area (Å²) in [5.74, 6) is -1.09. The van der Waals surface area contributed by atoms with Crippen LogP contribution >= 0.6 is 11.6 Å². The second-order valence-corrected chi connectivity index (χ2v) is 5.90. The van der Waals surface area contributed by atoms with E-state index in [1.54, 1.807) is 0 Å². The fourth-order valence-corrected chi connectivity index (χ4v) is 3.68. The Balaban J connectivity index is 2.68. The average Bonchev–Trinajstić information content (AvgIpc) is 2.49. The Bertz CT molecular complexity index is 576. The van der Waals surface area contributed by atoms with Gasteiger partial charge in [-0.1, -0.05) is 11.6 Å². The standard InChI is InChI=1S/C9H10ClFN2O3S/c1-16-4-13-9-5(3-17(13,14)15)8(12)7(11)2-6(9)10/h2H,3-4,12H2,1H3. The van der Waals surface area contributed by atoms with Crippen molar-refractivity contribution in [3.8, 4) is 0 Å². The van der Waals surface area contributed by atoms with Gasteiger partial charge >= 0.3 is 0 Å². The number of anilines is 2. The minimum Gasteiger partial charge on any atom is -0.396 e. The van der Waals surface area contributed by atoms with Crippen molar-refractivity contribution in [1.29, 1.82) is 0 Å². The van der Waals surface area contributed by atoms with E-state index in [1.807, 2.05) is 0 Å². The van der Waals surface area contributed by atoms with Gasteiger partial charge in [0.2, 0.25) is 10.0 Å². The highest BCUT2D eigenvalue weighted by Crippen LogP contribution is 2.43. The maximum Gasteiger partial charge on any atom is 0.241 e. The van der Waals surface area contributed by atoms with Gasteiger partial charge < -0.3 is 10.5 Å². The van der Waals surface area contributed by atoms with E-state index in [0.29, 0.717) is 0 Å². The molecular weight excluding hydrogens is 271 g/mol. The van der Waals surface area contributed by atoms with Crippen LogP contribution in [0, 0.1) is 5.82 Å². The molecule has 0 aromatic heterocycles. The first kappa shape index (κ1) is 12.4. The Kier molecular flexibility index (Phi) is 2.92. The quantitative estimate of drug-likeness (QED) is 0.829. The Morgan fingerprint density at radius 3 is 2.88 bits per heavy atom. The van der Waals surface area contributed by atoms with Crippen LogP contribution in [0.3, 0.4) is 0 Å². The fourth-order valence-electron chi connectivity index (χ4n) is 1.75. The van der Waals surface area contributed by atoms with E-state index in [-0.39, 0.29) is 34.4 Å². The number of sulfonamides is 1. The lowest BCUT2D eigenvalue weighted by Gasteiger charge is -2.18. The molecule has 0 spiro atoms. The predicted molar refractivity (Wildman–Crippen MR) is 62.8 cm³/mol. The van der Waals surface area contributed by atoms with Crippen molar-refractivity contribution >= 4 is 33.0 Å². The third-order valence-corrected chi connectivity index (χ3v) is 4.41. The number of hydrogen-bond donors (Lipinski definition) is 1. The summed E-state index contributed by atoms with van der Waals surface area (Å²) in [5.41, 5.74) is 5.72. The number of ether oxygens (including phenoxy) is 1. The molecule has 0 bridgehead atoms. The van der Waals surface area contributed by atoms with Gasteiger partial charge in [0, 0.05) is 12.7 Å². The van der Waals surface area contributed by atoms with Crippen molar-refractivity contribution in [3.05, 3.63) is 22.5 Å². The van der Waals surface area contributed by atoms with Crippen molar-refractivity contribution < 1.29 is 17.5 Å². The van der Waals surface area contributed by atoms with Crippen molar-refractivity contribution in [2.75, 3.05) is 23.9 Å². The lowest BCUT2D eigenvalue weighted by molar-refractivity contribution is 0.210. The van der Waals surface area contributed by atoms with Crippen LogP contribution in [-0.2, 0) is 20.5 Å². The van der Waals surface area contributed by atoms with E-state index >= 15 is 0 Å². The zero-order valence-corrected chi connectivity index (χ0v) is 10.5. The van der Waals surface area contributed by atoms with Gasteiger partial charge in [0.15, 0.2) is 0 Å². The van der Waals surface area contributed by atoms with Crippen LogP contribution in [0.4, 0.5) is 15.8 Å². The van der Waals surface area contributed by atoms with Crippen molar-refractivity contribution in [2.45, 2.75) is 5.75 Å². The largest absolute Gasteiger partial charge is 0.396 e. The number of fused-ring (bicyclic) bond motifs is 1. The molecule has 1 aromatic rings. The normalized spacial score (nSPS) is 17.2. The molecule has 0 aliphatic carbocycles. The molecule has 1 aliphatic heterocycles. The van der Waals surface area contributed by atoms with Gasteiger partial charge in [-0.15, -0.1) is 0 Å². The third kappa shape index (κ3) is 1.84. The van der Waals surface area contributed by atoms with E-state index in [9.17, 15) is 12.8 Å². The summed E-state index contributed by atoms with van der Waals surface area (Å²) in [6.07, 6.45) is 0. The van der Waals surface area contributed by atoms with E-state index in [0.717, 1.165) is 10.4 Å². The molecule has 1 heterocycles. The molecule has 2 N–H and O–H groups in total. The summed E-state index contributed by atoms with van der Waals surface area (Å²) in [7, 11) is -2.24. The van der Waals surface area contributed by atoms with Gasteiger partial charge in [0.1, 0.15) is 12.5 Å². The van der Waals surface area contributed by atoms with Gasteiger partial charge in [-0.05, 0) is 6.07 Å². The fraction of sp³-hybridized carbons (Fsp3) is 0.333. The third-order valence-electron chi connectivity index (χ3n) is 2.51. The highest BCUT2D eigenvalue weighted by atomic mass is 35.5. The Morgan fingerprint density at radius 1 is 1.65 bits per heavy atom. The number of nitrogens with zero attached hydrogens (tertiary/aromatic N) is 1. The molecule has 17 heavy (non-hydrogen) atoms. The summed E-state index contributed by atoms with van der Waals surface area (Å²) in [5, 5.41) is 0.00447. The molecule has 8 heteroatoms. The highest BCUT2D eigenvalue weighted by Gasteiger charge is 2.37. The van der Waals surface area contributed by atoms with Crippen LogP contribution in [-0.4, -0.2) is 22.3 Å². The first-order valence-electron chi connectivity index (χ1n) is 4.64. The average molecular weight is 281 g/mol. The zero-order valence-electron chi connectivity index (χ0n) is 8.91. The van der Waals surface area contributed by atoms with E-state index in [2.05, 4.69) is 0 Å². The molecule has 5 nitrogen and oxygen atoms in total.